The molecule has 0 aliphatic heterocycles. The van der Waals surface area contributed by atoms with Crippen molar-refractivity contribution in [2.75, 3.05) is 10.6 Å². The van der Waals surface area contributed by atoms with Gasteiger partial charge in [-0.2, -0.15) is 0 Å². The third kappa shape index (κ3) is 6.38. The molecule has 6 heteroatoms. The fourth-order valence-electron chi connectivity index (χ4n) is 3.68. The molecule has 34 heavy (non-hydrogen) atoms. The van der Waals surface area contributed by atoms with Gasteiger partial charge in [-0.3, -0.25) is 9.59 Å². The number of carbonyl (C=O) groups is 2. The van der Waals surface area contributed by atoms with Crippen LogP contribution in [-0.4, -0.2) is 22.0 Å². The van der Waals surface area contributed by atoms with E-state index in [1.807, 2.05) is 12.1 Å². The standard InChI is InChI=1S/C28H32N2O4/c1-3-5-9-19-13-15-25(31)21(17-19)27(33)29-23-11-7-8-12-24(23)30-28(34)22-18-20(10-6-4-2)14-16-26(22)32/h7-8,11-18,31-32H,3-6,9-10H2,1-2H3,(H,29,33)(H,30,34). The topological polar surface area (TPSA) is 98.7 Å². The van der Waals surface area contributed by atoms with Crippen LogP contribution < -0.4 is 10.6 Å². The first-order valence-corrected chi connectivity index (χ1v) is 11.8. The van der Waals surface area contributed by atoms with Crippen molar-refractivity contribution in [3.63, 3.8) is 0 Å². The smallest absolute Gasteiger partial charge is 0.259 e. The SMILES string of the molecule is CCCCc1ccc(O)c(C(=O)Nc2ccccc2NC(=O)c2cc(CCCC)ccc2O)c1. The molecule has 178 valence electrons. The second-order valence-electron chi connectivity index (χ2n) is 8.36. The van der Waals surface area contributed by atoms with Gasteiger partial charge in [0.25, 0.3) is 11.8 Å². The van der Waals surface area contributed by atoms with E-state index in [4.69, 9.17) is 0 Å². The molecule has 0 bridgehead atoms. The van der Waals surface area contributed by atoms with Crippen LogP contribution in [0.1, 0.15) is 71.4 Å². The number of benzene rings is 3. The average Bonchev–Trinajstić information content (AvgIpc) is 2.84. The Hall–Kier alpha value is -3.80. The van der Waals surface area contributed by atoms with Gasteiger partial charge in [0.05, 0.1) is 22.5 Å². The summed E-state index contributed by atoms with van der Waals surface area (Å²) in [5.74, 6) is -1.15. The van der Waals surface area contributed by atoms with Crippen LogP contribution in [-0.2, 0) is 12.8 Å². The second-order valence-corrected chi connectivity index (χ2v) is 8.36. The monoisotopic (exact) mass is 460 g/mol. The number of hydrogen-bond donors (Lipinski definition) is 4. The number of aryl methyl sites for hydroxylation is 2. The molecule has 4 N–H and O–H groups in total. The van der Waals surface area contributed by atoms with E-state index in [0.717, 1.165) is 49.7 Å². The predicted molar refractivity (Wildman–Crippen MR) is 136 cm³/mol. The zero-order valence-electron chi connectivity index (χ0n) is 19.7. The first-order chi connectivity index (χ1) is 16.4. The summed E-state index contributed by atoms with van der Waals surface area (Å²) >= 11 is 0. The molecule has 3 rings (SSSR count). The minimum atomic E-state index is -0.470. The molecule has 0 aliphatic rings. The molecule has 2 amide bonds. The minimum Gasteiger partial charge on any atom is -0.507 e. The lowest BCUT2D eigenvalue weighted by molar-refractivity contribution is 0.101. The largest absolute Gasteiger partial charge is 0.507 e. The van der Waals surface area contributed by atoms with Crippen LogP contribution in [0.25, 0.3) is 0 Å². The van der Waals surface area contributed by atoms with E-state index in [1.165, 1.54) is 12.1 Å². The molecular weight excluding hydrogens is 428 g/mol. The van der Waals surface area contributed by atoms with E-state index in [-0.39, 0.29) is 22.6 Å². The first kappa shape index (κ1) is 24.8. The van der Waals surface area contributed by atoms with Crippen LogP contribution in [0.4, 0.5) is 11.4 Å². The second kappa shape index (κ2) is 11.9. The highest BCUT2D eigenvalue weighted by atomic mass is 16.3. The molecule has 0 spiro atoms. The lowest BCUT2D eigenvalue weighted by Gasteiger charge is -2.14. The number of nitrogens with one attached hydrogen (secondary N) is 2. The maximum atomic E-state index is 12.9. The molecule has 0 heterocycles. The molecule has 3 aromatic carbocycles. The van der Waals surface area contributed by atoms with Gasteiger partial charge in [0.15, 0.2) is 0 Å². The first-order valence-electron chi connectivity index (χ1n) is 11.8. The summed E-state index contributed by atoms with van der Waals surface area (Å²) in [5.41, 5.74) is 3.09. The number of hydrogen-bond acceptors (Lipinski definition) is 4. The highest BCUT2D eigenvalue weighted by molar-refractivity contribution is 6.11. The van der Waals surface area contributed by atoms with Crippen LogP contribution in [0.5, 0.6) is 11.5 Å². The zero-order valence-corrected chi connectivity index (χ0v) is 19.7. The van der Waals surface area contributed by atoms with Gasteiger partial charge in [-0.15, -0.1) is 0 Å². The summed E-state index contributed by atoms with van der Waals surface area (Å²) < 4.78 is 0. The molecule has 0 aliphatic carbocycles. The summed E-state index contributed by atoms with van der Waals surface area (Å²) in [4.78, 5) is 25.9. The molecule has 0 saturated carbocycles. The van der Waals surface area contributed by atoms with E-state index >= 15 is 0 Å². The zero-order chi connectivity index (χ0) is 24.5. The predicted octanol–water partition coefficient (Wildman–Crippen LogP) is 6.29. The van der Waals surface area contributed by atoms with Crippen LogP contribution >= 0.6 is 0 Å². The highest BCUT2D eigenvalue weighted by Gasteiger charge is 2.17. The van der Waals surface area contributed by atoms with Gasteiger partial charge in [-0.25, -0.2) is 0 Å². The third-order valence-electron chi connectivity index (χ3n) is 5.67. The van der Waals surface area contributed by atoms with E-state index in [0.29, 0.717) is 11.4 Å². The van der Waals surface area contributed by atoms with Crippen LogP contribution in [0.3, 0.4) is 0 Å². The van der Waals surface area contributed by atoms with E-state index in [1.54, 1.807) is 36.4 Å². The lowest BCUT2D eigenvalue weighted by atomic mass is 10.0. The highest BCUT2D eigenvalue weighted by Crippen LogP contribution is 2.27. The molecule has 0 fully saturated rings. The van der Waals surface area contributed by atoms with Crippen molar-refractivity contribution in [3.05, 3.63) is 82.9 Å². The van der Waals surface area contributed by atoms with Crippen LogP contribution in [0.15, 0.2) is 60.7 Å². The number of unbranched alkanes of at least 4 members (excludes halogenated alkanes) is 2. The molecule has 0 radical (unpaired) electrons. The molecule has 0 saturated heterocycles. The molecular formula is C28H32N2O4. The van der Waals surface area contributed by atoms with Gasteiger partial charge in [0, 0.05) is 0 Å². The van der Waals surface area contributed by atoms with Gasteiger partial charge in [0.1, 0.15) is 11.5 Å². The van der Waals surface area contributed by atoms with Crippen molar-refractivity contribution in [2.24, 2.45) is 0 Å². The van der Waals surface area contributed by atoms with Crippen molar-refractivity contribution in [1.29, 1.82) is 0 Å². The van der Waals surface area contributed by atoms with Gasteiger partial charge in [-0.1, -0.05) is 51.0 Å². The Morgan fingerprint density at radius 1 is 0.676 bits per heavy atom. The number of rotatable bonds is 10. The summed E-state index contributed by atoms with van der Waals surface area (Å²) in [7, 11) is 0. The Morgan fingerprint density at radius 2 is 1.09 bits per heavy atom. The summed E-state index contributed by atoms with van der Waals surface area (Å²) in [5, 5.41) is 26.0. The van der Waals surface area contributed by atoms with Gasteiger partial charge < -0.3 is 20.8 Å². The van der Waals surface area contributed by atoms with Crippen molar-refractivity contribution < 1.29 is 19.8 Å². The summed E-state index contributed by atoms with van der Waals surface area (Å²) in [6, 6.07) is 16.9. The summed E-state index contributed by atoms with van der Waals surface area (Å²) in [6.07, 6.45) is 5.70. The van der Waals surface area contributed by atoms with Crippen LogP contribution in [0, 0.1) is 0 Å². The van der Waals surface area contributed by atoms with Crippen molar-refractivity contribution >= 4 is 23.2 Å². The Morgan fingerprint density at radius 3 is 1.47 bits per heavy atom. The number of para-hydroxylation sites is 2. The van der Waals surface area contributed by atoms with E-state index < -0.39 is 11.8 Å². The van der Waals surface area contributed by atoms with Crippen molar-refractivity contribution in [3.8, 4) is 11.5 Å². The fraction of sp³-hybridized carbons (Fsp3) is 0.286. The van der Waals surface area contributed by atoms with Gasteiger partial charge >= 0.3 is 0 Å². The van der Waals surface area contributed by atoms with Crippen molar-refractivity contribution in [1.82, 2.24) is 0 Å². The Kier molecular flexibility index (Phi) is 8.68. The Labute approximate surface area is 200 Å². The molecule has 0 unspecified atom stereocenters. The van der Waals surface area contributed by atoms with Crippen molar-refractivity contribution in [2.45, 2.75) is 52.4 Å². The average molecular weight is 461 g/mol. The van der Waals surface area contributed by atoms with E-state index in [2.05, 4.69) is 24.5 Å². The molecule has 0 atom stereocenters. The Balaban J connectivity index is 1.79. The Bertz CT molecular complexity index is 1070. The van der Waals surface area contributed by atoms with E-state index in [9.17, 15) is 19.8 Å². The number of phenols is 2. The maximum Gasteiger partial charge on any atom is 0.259 e. The number of amides is 2. The molecule has 0 aromatic heterocycles. The van der Waals surface area contributed by atoms with Crippen LogP contribution in [0.2, 0.25) is 0 Å². The normalized spacial score (nSPS) is 10.6. The summed E-state index contributed by atoms with van der Waals surface area (Å²) in [6.45, 7) is 4.20. The van der Waals surface area contributed by atoms with Gasteiger partial charge in [0.2, 0.25) is 0 Å². The minimum absolute atomic E-state index is 0.104. The van der Waals surface area contributed by atoms with Gasteiger partial charge in [-0.05, 0) is 73.2 Å². The quantitative estimate of drug-likeness (QED) is 0.286. The number of phenolic OH excluding ortho intramolecular Hbond substituents is 2. The fourth-order valence-corrected chi connectivity index (χ4v) is 3.68. The molecule has 6 nitrogen and oxygen atoms in total. The number of anilines is 2. The maximum absolute atomic E-state index is 12.9. The molecule has 3 aromatic rings. The number of aromatic hydroxyl groups is 2. The third-order valence-corrected chi connectivity index (χ3v) is 5.67. The lowest BCUT2D eigenvalue weighted by Crippen LogP contribution is -2.17. The number of carbonyl (C=O) groups excluding carboxylic acids is 2.